The minimum absolute atomic E-state index is 0.00335. The number of aryl methyl sites for hydroxylation is 1. The minimum Gasteiger partial charge on any atom is -0.338 e. The zero-order valence-electron chi connectivity index (χ0n) is 12.3. The van der Waals surface area contributed by atoms with Crippen molar-refractivity contribution in [1.29, 1.82) is 0 Å². The predicted octanol–water partition coefficient (Wildman–Crippen LogP) is 0.173. The van der Waals surface area contributed by atoms with E-state index in [0.717, 1.165) is 6.42 Å². The molecule has 1 aliphatic rings. The number of amides is 2. The van der Waals surface area contributed by atoms with Gasteiger partial charge in [0.1, 0.15) is 6.33 Å². The van der Waals surface area contributed by atoms with Gasteiger partial charge in [-0.1, -0.05) is 6.92 Å². The summed E-state index contributed by atoms with van der Waals surface area (Å²) in [6.45, 7) is 3.50. The molecular formula is C12H21N5O3S. The molecule has 1 saturated heterocycles. The maximum atomic E-state index is 12.5. The molecule has 0 aliphatic carbocycles. The van der Waals surface area contributed by atoms with Gasteiger partial charge in [0.05, 0.1) is 5.25 Å². The number of rotatable bonds is 4. The van der Waals surface area contributed by atoms with Gasteiger partial charge < -0.3 is 14.8 Å². The molecule has 21 heavy (non-hydrogen) atoms. The Kier molecular flexibility index (Phi) is 4.81. The van der Waals surface area contributed by atoms with E-state index in [-0.39, 0.29) is 11.2 Å². The van der Waals surface area contributed by atoms with E-state index in [1.54, 1.807) is 11.9 Å². The molecule has 0 radical (unpaired) electrons. The average Bonchev–Trinajstić information content (AvgIpc) is 2.92. The van der Waals surface area contributed by atoms with Crippen LogP contribution in [0.15, 0.2) is 11.5 Å². The highest BCUT2D eigenvalue weighted by atomic mass is 32.2. The Morgan fingerprint density at radius 3 is 2.62 bits per heavy atom. The Hall–Kier alpha value is -1.64. The lowest BCUT2D eigenvalue weighted by Gasteiger charge is -2.31. The van der Waals surface area contributed by atoms with E-state index in [9.17, 15) is 13.2 Å². The lowest BCUT2D eigenvalue weighted by molar-refractivity contribution is 0.187. The third-order valence-electron chi connectivity index (χ3n) is 3.62. The first-order valence-electron chi connectivity index (χ1n) is 7.07. The Balaban J connectivity index is 1.98. The minimum atomic E-state index is -3.48. The van der Waals surface area contributed by atoms with Gasteiger partial charge in [0.15, 0.2) is 0 Å². The lowest BCUT2D eigenvalue weighted by atomic mass is 10.1. The second-order valence-corrected chi connectivity index (χ2v) is 7.31. The SMILES string of the molecule is CCCNC(=O)N1CCC(S(=O)(=O)c2nncn2C)CC1. The normalized spacial score (nSPS) is 17.0. The van der Waals surface area contributed by atoms with Crippen molar-refractivity contribution in [2.75, 3.05) is 19.6 Å². The summed E-state index contributed by atoms with van der Waals surface area (Å²) >= 11 is 0. The average molecular weight is 315 g/mol. The van der Waals surface area contributed by atoms with Crippen LogP contribution >= 0.6 is 0 Å². The molecule has 0 bridgehead atoms. The monoisotopic (exact) mass is 315 g/mol. The van der Waals surface area contributed by atoms with Gasteiger partial charge in [-0.25, -0.2) is 13.2 Å². The van der Waals surface area contributed by atoms with Crippen LogP contribution in [0.5, 0.6) is 0 Å². The van der Waals surface area contributed by atoms with Gasteiger partial charge in [0, 0.05) is 26.7 Å². The topological polar surface area (TPSA) is 97.2 Å². The molecule has 2 heterocycles. The van der Waals surface area contributed by atoms with Crippen molar-refractivity contribution in [2.24, 2.45) is 7.05 Å². The van der Waals surface area contributed by atoms with Crippen LogP contribution in [0.2, 0.25) is 0 Å². The lowest BCUT2D eigenvalue weighted by Crippen LogP contribution is -2.47. The fraction of sp³-hybridized carbons (Fsp3) is 0.750. The Bertz CT molecular complexity index is 590. The number of sulfone groups is 1. The molecule has 1 aromatic rings. The van der Waals surface area contributed by atoms with E-state index in [2.05, 4.69) is 15.5 Å². The number of nitrogens with zero attached hydrogens (tertiary/aromatic N) is 4. The molecule has 0 atom stereocenters. The van der Waals surface area contributed by atoms with Crippen LogP contribution in [0.3, 0.4) is 0 Å². The maximum absolute atomic E-state index is 12.5. The van der Waals surface area contributed by atoms with Crippen molar-refractivity contribution in [3.63, 3.8) is 0 Å². The molecule has 118 valence electrons. The van der Waals surface area contributed by atoms with E-state index in [4.69, 9.17) is 0 Å². The van der Waals surface area contributed by atoms with E-state index in [1.807, 2.05) is 6.92 Å². The van der Waals surface area contributed by atoms with Crippen LogP contribution in [0.1, 0.15) is 26.2 Å². The van der Waals surface area contributed by atoms with Gasteiger partial charge in [-0.15, -0.1) is 10.2 Å². The molecule has 1 fully saturated rings. The van der Waals surface area contributed by atoms with Crippen LogP contribution in [-0.2, 0) is 16.9 Å². The predicted molar refractivity (Wildman–Crippen MR) is 76.5 cm³/mol. The van der Waals surface area contributed by atoms with E-state index >= 15 is 0 Å². The number of carbonyl (C=O) groups excluding carboxylic acids is 1. The summed E-state index contributed by atoms with van der Waals surface area (Å²) in [6.07, 6.45) is 3.10. The molecule has 8 nitrogen and oxygen atoms in total. The van der Waals surface area contributed by atoms with Crippen LogP contribution < -0.4 is 5.32 Å². The second-order valence-electron chi connectivity index (χ2n) is 5.19. The zero-order valence-corrected chi connectivity index (χ0v) is 13.1. The second kappa shape index (κ2) is 6.42. The first kappa shape index (κ1) is 15.7. The summed E-state index contributed by atoms with van der Waals surface area (Å²) in [5, 5.41) is 9.60. The quantitative estimate of drug-likeness (QED) is 0.854. The van der Waals surface area contributed by atoms with Gasteiger partial charge in [-0.3, -0.25) is 0 Å². The van der Waals surface area contributed by atoms with Crippen LogP contribution in [0.4, 0.5) is 4.79 Å². The summed E-state index contributed by atoms with van der Waals surface area (Å²) in [5.74, 6) is 0. The van der Waals surface area contributed by atoms with Gasteiger partial charge >= 0.3 is 6.03 Å². The molecular weight excluding hydrogens is 294 g/mol. The van der Waals surface area contributed by atoms with Crippen molar-refractivity contribution >= 4 is 15.9 Å². The van der Waals surface area contributed by atoms with Gasteiger partial charge in [-0.05, 0) is 19.3 Å². The van der Waals surface area contributed by atoms with E-state index in [0.29, 0.717) is 32.5 Å². The highest BCUT2D eigenvalue weighted by molar-refractivity contribution is 7.91. The third-order valence-corrected chi connectivity index (χ3v) is 5.85. The fourth-order valence-electron chi connectivity index (χ4n) is 2.39. The van der Waals surface area contributed by atoms with Gasteiger partial charge in [0.25, 0.3) is 0 Å². The number of aromatic nitrogens is 3. The Morgan fingerprint density at radius 2 is 2.10 bits per heavy atom. The largest absolute Gasteiger partial charge is 0.338 e. The maximum Gasteiger partial charge on any atom is 0.317 e. The molecule has 0 aromatic carbocycles. The molecule has 2 amide bonds. The summed E-state index contributed by atoms with van der Waals surface area (Å²) in [4.78, 5) is 13.5. The summed E-state index contributed by atoms with van der Waals surface area (Å²) in [7, 11) is -1.87. The van der Waals surface area contributed by atoms with Gasteiger partial charge in [0.2, 0.25) is 15.0 Å². The van der Waals surface area contributed by atoms with Crippen LogP contribution in [-0.4, -0.2) is 59.0 Å². The van der Waals surface area contributed by atoms with Crippen molar-refractivity contribution in [3.05, 3.63) is 6.33 Å². The van der Waals surface area contributed by atoms with Crippen molar-refractivity contribution < 1.29 is 13.2 Å². The summed E-state index contributed by atoms with van der Waals surface area (Å²) in [6, 6.07) is -0.119. The smallest absolute Gasteiger partial charge is 0.317 e. The molecule has 9 heteroatoms. The number of likely N-dealkylation sites (tertiary alicyclic amines) is 1. The standard InChI is InChI=1S/C12H21N5O3S/c1-3-6-13-11(18)17-7-4-10(5-8-17)21(19,20)12-15-14-9-16(12)2/h9-10H,3-8H2,1-2H3,(H,13,18). The number of urea groups is 1. The van der Waals surface area contributed by atoms with Crippen LogP contribution in [0.25, 0.3) is 0 Å². The molecule has 1 aromatic heterocycles. The van der Waals surface area contributed by atoms with E-state index < -0.39 is 15.1 Å². The molecule has 0 unspecified atom stereocenters. The first-order valence-corrected chi connectivity index (χ1v) is 8.62. The molecule has 1 N–H and O–H groups in total. The fourth-order valence-corrected chi connectivity index (χ4v) is 4.13. The van der Waals surface area contributed by atoms with Crippen molar-refractivity contribution in [1.82, 2.24) is 25.0 Å². The highest BCUT2D eigenvalue weighted by Crippen LogP contribution is 2.22. The Morgan fingerprint density at radius 1 is 1.43 bits per heavy atom. The number of carbonyl (C=O) groups is 1. The highest BCUT2D eigenvalue weighted by Gasteiger charge is 2.35. The summed E-state index contributed by atoms with van der Waals surface area (Å²) < 4.78 is 26.4. The van der Waals surface area contributed by atoms with Crippen LogP contribution in [0, 0.1) is 0 Å². The van der Waals surface area contributed by atoms with E-state index in [1.165, 1.54) is 10.9 Å². The van der Waals surface area contributed by atoms with Crippen molar-refractivity contribution in [3.8, 4) is 0 Å². The van der Waals surface area contributed by atoms with Crippen molar-refractivity contribution in [2.45, 2.75) is 36.6 Å². The number of hydrogen-bond acceptors (Lipinski definition) is 5. The van der Waals surface area contributed by atoms with Gasteiger partial charge in [-0.2, -0.15) is 0 Å². The molecule has 2 rings (SSSR count). The third kappa shape index (κ3) is 3.34. The summed E-state index contributed by atoms with van der Waals surface area (Å²) in [5.41, 5.74) is 0. The molecule has 0 spiro atoms. The number of piperidine rings is 1. The first-order chi connectivity index (χ1) is 9.96. The Labute approximate surface area is 124 Å². The molecule has 0 saturated carbocycles. The zero-order chi connectivity index (χ0) is 15.5. The molecule has 1 aliphatic heterocycles. The number of hydrogen-bond donors (Lipinski definition) is 1. The number of nitrogens with one attached hydrogen (secondary N) is 1.